The van der Waals surface area contributed by atoms with Crippen molar-refractivity contribution in [1.29, 1.82) is 0 Å². The molecule has 0 spiro atoms. The molecular formula is C13H11NO3. The van der Waals surface area contributed by atoms with Crippen molar-refractivity contribution < 1.29 is 9.53 Å². The molecule has 0 unspecified atom stereocenters. The van der Waals surface area contributed by atoms with Gasteiger partial charge in [0.25, 0.3) is 0 Å². The summed E-state index contributed by atoms with van der Waals surface area (Å²) in [5.74, 6) is -0.377. The first kappa shape index (κ1) is 11.1. The second-order valence-electron chi connectivity index (χ2n) is 3.50. The quantitative estimate of drug-likeness (QED) is 0.799. The van der Waals surface area contributed by atoms with Gasteiger partial charge in [-0.05, 0) is 23.8 Å². The molecule has 0 aliphatic rings. The Hall–Kier alpha value is -2.36. The summed E-state index contributed by atoms with van der Waals surface area (Å²) < 4.78 is 4.60. The topological polar surface area (TPSA) is 59.2 Å². The fourth-order valence-electron chi connectivity index (χ4n) is 1.52. The van der Waals surface area contributed by atoms with E-state index in [-0.39, 0.29) is 11.5 Å². The summed E-state index contributed by atoms with van der Waals surface area (Å²) in [6.45, 7) is 0. The van der Waals surface area contributed by atoms with Gasteiger partial charge in [-0.1, -0.05) is 18.2 Å². The molecule has 0 atom stereocenters. The van der Waals surface area contributed by atoms with Gasteiger partial charge in [-0.3, -0.25) is 4.79 Å². The Morgan fingerprint density at radius 1 is 1.12 bits per heavy atom. The lowest BCUT2D eigenvalue weighted by Crippen LogP contribution is -2.04. The molecule has 0 aliphatic heterocycles. The van der Waals surface area contributed by atoms with Crippen LogP contribution in [0.15, 0.2) is 47.3 Å². The first-order valence-electron chi connectivity index (χ1n) is 5.09. The van der Waals surface area contributed by atoms with Crippen molar-refractivity contribution in [2.75, 3.05) is 7.11 Å². The van der Waals surface area contributed by atoms with E-state index in [9.17, 15) is 9.59 Å². The maximum atomic E-state index is 11.2. The molecule has 0 bridgehead atoms. The van der Waals surface area contributed by atoms with Crippen LogP contribution in [-0.2, 0) is 4.74 Å². The molecule has 2 aromatic rings. The Morgan fingerprint density at radius 3 is 2.41 bits per heavy atom. The molecule has 4 heteroatoms. The van der Waals surface area contributed by atoms with E-state index < -0.39 is 0 Å². The van der Waals surface area contributed by atoms with Crippen LogP contribution in [0.1, 0.15) is 10.4 Å². The number of benzene rings is 1. The second kappa shape index (κ2) is 4.65. The number of hydrogen-bond donors (Lipinski definition) is 1. The fourth-order valence-corrected chi connectivity index (χ4v) is 1.52. The Balaban J connectivity index is 2.36. The summed E-state index contributed by atoms with van der Waals surface area (Å²) >= 11 is 0. The average Bonchev–Trinajstić information content (AvgIpc) is 2.38. The Morgan fingerprint density at radius 2 is 1.82 bits per heavy atom. The van der Waals surface area contributed by atoms with E-state index in [4.69, 9.17) is 0 Å². The summed E-state index contributed by atoms with van der Waals surface area (Å²) in [6.07, 6.45) is 0. The predicted molar refractivity (Wildman–Crippen MR) is 63.8 cm³/mol. The molecule has 86 valence electrons. The molecule has 4 nitrogen and oxygen atoms in total. The predicted octanol–water partition coefficient (Wildman–Crippen LogP) is 1.83. The number of rotatable bonds is 2. The van der Waals surface area contributed by atoms with Gasteiger partial charge in [0.05, 0.1) is 12.7 Å². The first-order valence-corrected chi connectivity index (χ1v) is 5.09. The number of hydrogen-bond acceptors (Lipinski definition) is 3. The standard InChI is InChI=1S/C13H11NO3/c1-17-13(16)10-7-5-9(6-8-10)11-3-2-4-12(15)14-11/h2-8H,1H3,(H,14,15). The molecular weight excluding hydrogens is 218 g/mol. The van der Waals surface area contributed by atoms with E-state index in [1.54, 1.807) is 36.4 Å². The van der Waals surface area contributed by atoms with Crippen molar-refractivity contribution in [3.05, 3.63) is 58.4 Å². The van der Waals surface area contributed by atoms with Crippen LogP contribution >= 0.6 is 0 Å². The highest BCUT2D eigenvalue weighted by atomic mass is 16.5. The van der Waals surface area contributed by atoms with Gasteiger partial charge < -0.3 is 9.72 Å². The van der Waals surface area contributed by atoms with Crippen LogP contribution < -0.4 is 5.56 Å². The molecule has 0 fully saturated rings. The molecule has 1 aromatic carbocycles. The third-order valence-corrected chi connectivity index (χ3v) is 2.39. The number of nitrogens with one attached hydrogen (secondary N) is 1. The molecule has 1 heterocycles. The molecule has 0 radical (unpaired) electrons. The Bertz CT molecular complexity index is 584. The summed E-state index contributed by atoms with van der Waals surface area (Å²) in [5, 5.41) is 0. The number of methoxy groups -OCH3 is 1. The van der Waals surface area contributed by atoms with Crippen molar-refractivity contribution in [2.24, 2.45) is 0 Å². The van der Waals surface area contributed by atoms with E-state index in [1.807, 2.05) is 0 Å². The highest BCUT2D eigenvalue weighted by molar-refractivity contribution is 5.89. The number of carbonyl (C=O) groups is 1. The van der Waals surface area contributed by atoms with Crippen LogP contribution in [0.25, 0.3) is 11.3 Å². The average molecular weight is 229 g/mol. The lowest BCUT2D eigenvalue weighted by atomic mass is 10.1. The summed E-state index contributed by atoms with van der Waals surface area (Å²) in [4.78, 5) is 25.1. The Labute approximate surface area is 97.9 Å². The molecule has 1 N–H and O–H groups in total. The summed E-state index contributed by atoms with van der Waals surface area (Å²) in [5.41, 5.74) is 1.89. The van der Waals surface area contributed by atoms with Crippen molar-refractivity contribution in [1.82, 2.24) is 4.98 Å². The van der Waals surface area contributed by atoms with Gasteiger partial charge in [0.15, 0.2) is 0 Å². The monoisotopic (exact) mass is 229 g/mol. The smallest absolute Gasteiger partial charge is 0.337 e. The van der Waals surface area contributed by atoms with Crippen molar-refractivity contribution in [3.63, 3.8) is 0 Å². The van der Waals surface area contributed by atoms with Gasteiger partial charge in [-0.2, -0.15) is 0 Å². The van der Waals surface area contributed by atoms with E-state index >= 15 is 0 Å². The lowest BCUT2D eigenvalue weighted by Gasteiger charge is -2.02. The van der Waals surface area contributed by atoms with Crippen LogP contribution in [0.5, 0.6) is 0 Å². The van der Waals surface area contributed by atoms with Crippen LogP contribution in [0, 0.1) is 0 Å². The van der Waals surface area contributed by atoms with Gasteiger partial charge in [0.2, 0.25) is 5.56 Å². The highest BCUT2D eigenvalue weighted by Gasteiger charge is 2.05. The van der Waals surface area contributed by atoms with Crippen molar-refractivity contribution >= 4 is 5.97 Å². The number of esters is 1. The first-order chi connectivity index (χ1) is 8.20. The normalized spacial score (nSPS) is 9.94. The van der Waals surface area contributed by atoms with Crippen LogP contribution in [-0.4, -0.2) is 18.1 Å². The molecule has 0 amide bonds. The zero-order chi connectivity index (χ0) is 12.3. The zero-order valence-corrected chi connectivity index (χ0v) is 9.27. The van der Waals surface area contributed by atoms with Gasteiger partial charge in [0.1, 0.15) is 0 Å². The SMILES string of the molecule is COC(=O)c1ccc(-c2cccc(=O)[nH]2)cc1. The second-order valence-corrected chi connectivity index (χ2v) is 3.50. The molecule has 1 aromatic heterocycles. The summed E-state index contributed by atoms with van der Waals surface area (Å²) in [6, 6.07) is 11.8. The molecule has 17 heavy (non-hydrogen) atoms. The maximum Gasteiger partial charge on any atom is 0.337 e. The van der Waals surface area contributed by atoms with Crippen LogP contribution in [0.3, 0.4) is 0 Å². The largest absolute Gasteiger partial charge is 0.465 e. The minimum Gasteiger partial charge on any atom is -0.465 e. The van der Waals surface area contributed by atoms with E-state index in [2.05, 4.69) is 9.72 Å². The third kappa shape index (κ3) is 2.42. The van der Waals surface area contributed by atoms with Crippen LogP contribution in [0.2, 0.25) is 0 Å². The summed E-state index contributed by atoms with van der Waals surface area (Å²) in [7, 11) is 1.34. The number of aromatic amines is 1. The van der Waals surface area contributed by atoms with Gasteiger partial charge >= 0.3 is 5.97 Å². The van der Waals surface area contributed by atoms with Gasteiger partial charge in [0, 0.05) is 11.8 Å². The van der Waals surface area contributed by atoms with E-state index in [0.717, 1.165) is 5.56 Å². The lowest BCUT2D eigenvalue weighted by molar-refractivity contribution is 0.0601. The highest BCUT2D eigenvalue weighted by Crippen LogP contribution is 2.16. The number of aromatic nitrogens is 1. The molecule has 0 saturated heterocycles. The Kier molecular flexibility index (Phi) is 3.05. The number of carbonyl (C=O) groups excluding carboxylic acids is 1. The molecule has 2 rings (SSSR count). The van der Waals surface area contributed by atoms with E-state index in [1.165, 1.54) is 13.2 Å². The third-order valence-electron chi connectivity index (χ3n) is 2.39. The number of pyridine rings is 1. The van der Waals surface area contributed by atoms with Crippen LogP contribution in [0.4, 0.5) is 0 Å². The van der Waals surface area contributed by atoms with Gasteiger partial charge in [-0.15, -0.1) is 0 Å². The van der Waals surface area contributed by atoms with Gasteiger partial charge in [-0.25, -0.2) is 4.79 Å². The fraction of sp³-hybridized carbons (Fsp3) is 0.0769. The molecule has 0 aliphatic carbocycles. The number of H-pyrrole nitrogens is 1. The minimum absolute atomic E-state index is 0.153. The zero-order valence-electron chi connectivity index (χ0n) is 9.27. The maximum absolute atomic E-state index is 11.2. The minimum atomic E-state index is -0.377. The van der Waals surface area contributed by atoms with Crippen molar-refractivity contribution in [3.8, 4) is 11.3 Å². The van der Waals surface area contributed by atoms with E-state index in [0.29, 0.717) is 11.3 Å². The van der Waals surface area contributed by atoms with Crippen molar-refractivity contribution in [2.45, 2.75) is 0 Å². The molecule has 0 saturated carbocycles. The number of ether oxygens (including phenoxy) is 1.